The number of carbonyl (C=O) groups is 1. The molecule has 1 aromatic carbocycles. The number of likely N-dealkylation sites (tertiary alicyclic amines) is 1. The predicted molar refractivity (Wildman–Crippen MR) is 114 cm³/mol. The number of amides is 1. The first-order valence-corrected chi connectivity index (χ1v) is 11.0. The Kier molecular flexibility index (Phi) is 7.68. The second kappa shape index (κ2) is 10.0. The predicted octanol–water partition coefficient (Wildman–Crippen LogP) is 6.78. The van der Waals surface area contributed by atoms with E-state index in [-0.39, 0.29) is 11.6 Å². The van der Waals surface area contributed by atoms with Gasteiger partial charge in [0.05, 0.1) is 29.5 Å². The van der Waals surface area contributed by atoms with Crippen molar-refractivity contribution in [2.45, 2.75) is 70.3 Å². The summed E-state index contributed by atoms with van der Waals surface area (Å²) in [5.41, 5.74) is -3.40. The number of halogens is 6. The fourth-order valence-corrected chi connectivity index (χ4v) is 3.87. The van der Waals surface area contributed by atoms with Crippen LogP contribution in [0.2, 0.25) is 0 Å². The smallest absolute Gasteiger partial charge is 0.416 e. The molecule has 11 heteroatoms. The van der Waals surface area contributed by atoms with Crippen LogP contribution in [-0.2, 0) is 28.4 Å². The molecule has 0 radical (unpaired) electrons. The first kappa shape index (κ1) is 26.8. The first-order valence-electron chi connectivity index (χ1n) is 11.0. The molecule has 0 bridgehead atoms. The molecule has 3 rings (SSSR count). The number of alkyl halides is 6. The van der Waals surface area contributed by atoms with Crippen molar-refractivity contribution in [3.63, 3.8) is 0 Å². The second-order valence-corrected chi connectivity index (χ2v) is 9.28. The van der Waals surface area contributed by atoms with Crippen LogP contribution in [0.25, 0.3) is 0 Å². The minimum Gasteiger partial charge on any atom is -0.444 e. The van der Waals surface area contributed by atoms with Gasteiger partial charge in [-0.15, -0.1) is 0 Å². The highest BCUT2D eigenvalue weighted by Gasteiger charge is 2.40. The molecule has 1 aliphatic heterocycles. The summed E-state index contributed by atoms with van der Waals surface area (Å²) in [7, 11) is 0. The van der Waals surface area contributed by atoms with Crippen molar-refractivity contribution in [1.29, 1.82) is 0 Å². The van der Waals surface area contributed by atoms with Gasteiger partial charge < -0.3 is 9.47 Å². The lowest BCUT2D eigenvalue weighted by Crippen LogP contribution is -2.48. The monoisotopic (exact) mass is 504 g/mol. The highest BCUT2D eigenvalue weighted by Crippen LogP contribution is 2.38. The zero-order chi connectivity index (χ0) is 26.0. The molecule has 5 nitrogen and oxygen atoms in total. The van der Waals surface area contributed by atoms with Gasteiger partial charge in [0.25, 0.3) is 0 Å². The fraction of sp³-hybridized carbons (Fsp3) is 0.500. The Morgan fingerprint density at radius 3 is 2.17 bits per heavy atom. The minimum absolute atomic E-state index is 0.0744. The van der Waals surface area contributed by atoms with Crippen LogP contribution in [0.15, 0.2) is 42.6 Å². The van der Waals surface area contributed by atoms with Gasteiger partial charge in [0.15, 0.2) is 0 Å². The molecule has 1 amide bonds. The molecule has 0 saturated carbocycles. The SMILES string of the molecule is CC(C)(C)OC(=O)N1CCCC(OCc2cc(C(F)(F)F)cc(C(F)(F)F)c2)C1c1ccccn1. The van der Waals surface area contributed by atoms with E-state index in [1.165, 1.54) is 11.1 Å². The number of hydrogen-bond acceptors (Lipinski definition) is 4. The number of rotatable bonds is 4. The molecule has 0 spiro atoms. The zero-order valence-electron chi connectivity index (χ0n) is 19.4. The quantitative estimate of drug-likeness (QED) is 0.431. The number of hydrogen-bond donors (Lipinski definition) is 0. The van der Waals surface area contributed by atoms with E-state index >= 15 is 0 Å². The molecule has 1 aromatic heterocycles. The molecule has 0 N–H and O–H groups in total. The zero-order valence-corrected chi connectivity index (χ0v) is 19.4. The van der Waals surface area contributed by atoms with E-state index in [2.05, 4.69) is 4.98 Å². The fourth-order valence-electron chi connectivity index (χ4n) is 3.87. The largest absolute Gasteiger partial charge is 0.444 e. The van der Waals surface area contributed by atoms with E-state index in [1.54, 1.807) is 39.0 Å². The Morgan fingerprint density at radius 1 is 1.03 bits per heavy atom. The molecule has 2 atom stereocenters. The number of nitrogens with zero attached hydrogens (tertiary/aromatic N) is 2. The van der Waals surface area contributed by atoms with Gasteiger partial charge in [0, 0.05) is 12.7 Å². The highest BCUT2D eigenvalue weighted by molar-refractivity contribution is 5.69. The van der Waals surface area contributed by atoms with Crippen LogP contribution in [0.5, 0.6) is 0 Å². The van der Waals surface area contributed by atoms with E-state index in [0.717, 1.165) is 0 Å². The maximum absolute atomic E-state index is 13.2. The number of aromatic nitrogens is 1. The number of pyridine rings is 1. The molecule has 1 fully saturated rings. The van der Waals surface area contributed by atoms with Crippen LogP contribution >= 0.6 is 0 Å². The third kappa shape index (κ3) is 7.09. The summed E-state index contributed by atoms with van der Waals surface area (Å²) in [6.07, 6.45) is -8.79. The molecule has 0 aliphatic carbocycles. The van der Waals surface area contributed by atoms with Gasteiger partial charge in [0.2, 0.25) is 0 Å². The number of benzene rings is 1. The van der Waals surface area contributed by atoms with Gasteiger partial charge >= 0.3 is 18.4 Å². The lowest BCUT2D eigenvalue weighted by atomic mass is 9.95. The minimum atomic E-state index is -4.95. The Balaban J connectivity index is 1.90. The number of piperidine rings is 1. The molecule has 2 heterocycles. The second-order valence-electron chi connectivity index (χ2n) is 9.28. The van der Waals surface area contributed by atoms with Crippen molar-refractivity contribution in [1.82, 2.24) is 9.88 Å². The average Bonchev–Trinajstić information content (AvgIpc) is 2.75. The van der Waals surface area contributed by atoms with Gasteiger partial charge in [-0.05, 0) is 69.5 Å². The third-order valence-corrected chi connectivity index (χ3v) is 5.31. The highest BCUT2D eigenvalue weighted by atomic mass is 19.4. The summed E-state index contributed by atoms with van der Waals surface area (Å²) >= 11 is 0. The van der Waals surface area contributed by atoms with E-state index in [4.69, 9.17) is 9.47 Å². The van der Waals surface area contributed by atoms with Crippen LogP contribution < -0.4 is 0 Å². The van der Waals surface area contributed by atoms with Crippen molar-refractivity contribution in [3.8, 4) is 0 Å². The summed E-state index contributed by atoms with van der Waals surface area (Å²) in [5.74, 6) is 0. The van der Waals surface area contributed by atoms with Crippen molar-refractivity contribution >= 4 is 6.09 Å². The Labute approximate surface area is 199 Å². The Bertz CT molecular complexity index is 986. The maximum atomic E-state index is 13.2. The van der Waals surface area contributed by atoms with Gasteiger partial charge in [0.1, 0.15) is 11.6 Å². The lowest BCUT2D eigenvalue weighted by Gasteiger charge is -2.41. The van der Waals surface area contributed by atoms with Crippen LogP contribution in [0.1, 0.15) is 62.0 Å². The van der Waals surface area contributed by atoms with E-state index in [9.17, 15) is 31.1 Å². The molecule has 2 unspecified atom stereocenters. The topological polar surface area (TPSA) is 51.7 Å². The van der Waals surface area contributed by atoms with Gasteiger partial charge in [-0.25, -0.2) is 4.79 Å². The van der Waals surface area contributed by atoms with Gasteiger partial charge in [-0.3, -0.25) is 9.88 Å². The van der Waals surface area contributed by atoms with Crippen molar-refractivity contribution in [3.05, 3.63) is 65.0 Å². The summed E-state index contributed by atoms with van der Waals surface area (Å²) in [5, 5.41) is 0. The molecule has 2 aromatic rings. The normalized spacial score (nSPS) is 19.5. The molecule has 1 aliphatic rings. The summed E-state index contributed by atoms with van der Waals surface area (Å²) in [6, 6.07) is 5.69. The third-order valence-electron chi connectivity index (χ3n) is 5.31. The summed E-state index contributed by atoms with van der Waals surface area (Å²) < 4.78 is 90.6. The Morgan fingerprint density at radius 2 is 1.66 bits per heavy atom. The van der Waals surface area contributed by atoms with Crippen LogP contribution in [0, 0.1) is 0 Å². The molecule has 1 saturated heterocycles. The first-order chi connectivity index (χ1) is 16.1. The summed E-state index contributed by atoms with van der Waals surface area (Å²) in [4.78, 5) is 18.6. The van der Waals surface area contributed by atoms with Crippen molar-refractivity contribution < 1.29 is 40.6 Å². The number of ether oxygens (including phenoxy) is 2. The van der Waals surface area contributed by atoms with Crippen molar-refractivity contribution in [2.75, 3.05) is 6.54 Å². The standard InChI is InChI=1S/C24H26F6N2O3/c1-22(2,3)35-21(33)32-10-6-8-19(20(32)18-7-4-5-9-31-18)34-14-15-11-16(23(25,26)27)13-17(12-15)24(28,29)30/h4-5,7,9,11-13,19-20H,6,8,10,14H2,1-3H3. The molecule has 35 heavy (non-hydrogen) atoms. The van der Waals surface area contributed by atoms with Crippen LogP contribution in [0.3, 0.4) is 0 Å². The van der Waals surface area contributed by atoms with E-state index in [0.29, 0.717) is 37.2 Å². The van der Waals surface area contributed by atoms with E-state index < -0.39 is 53.9 Å². The lowest BCUT2D eigenvalue weighted by molar-refractivity contribution is -0.143. The summed E-state index contributed by atoms with van der Waals surface area (Å²) in [6.45, 7) is 4.96. The molecular formula is C24H26F6N2O3. The van der Waals surface area contributed by atoms with Crippen molar-refractivity contribution in [2.24, 2.45) is 0 Å². The van der Waals surface area contributed by atoms with Gasteiger partial charge in [-0.1, -0.05) is 6.07 Å². The van der Waals surface area contributed by atoms with Crippen LogP contribution in [-0.4, -0.2) is 34.2 Å². The molecule has 192 valence electrons. The van der Waals surface area contributed by atoms with E-state index in [1.807, 2.05) is 0 Å². The average molecular weight is 504 g/mol. The Hall–Kier alpha value is -2.82. The molecular weight excluding hydrogens is 478 g/mol. The number of carbonyl (C=O) groups excluding carboxylic acids is 1. The maximum Gasteiger partial charge on any atom is 0.416 e. The van der Waals surface area contributed by atoms with Gasteiger partial charge in [-0.2, -0.15) is 26.3 Å². The van der Waals surface area contributed by atoms with Crippen LogP contribution in [0.4, 0.5) is 31.1 Å².